The number of halogens is 1. The van der Waals surface area contributed by atoms with E-state index >= 15 is 0 Å². The molecule has 0 fully saturated rings. The third kappa shape index (κ3) is 6.97. The second-order valence-electron chi connectivity index (χ2n) is 7.27. The number of aliphatic hydroxyl groups excluding tert-OH is 1. The van der Waals surface area contributed by atoms with Crippen LogP contribution in [0.25, 0.3) is 0 Å². The Morgan fingerprint density at radius 1 is 1.13 bits per heavy atom. The van der Waals surface area contributed by atoms with E-state index < -0.39 is 6.29 Å². The van der Waals surface area contributed by atoms with E-state index in [1.807, 2.05) is 60.7 Å². The molecule has 1 amide bonds. The molecule has 1 heterocycles. The molecule has 5 nitrogen and oxygen atoms in total. The number of carbonyl (C=O) groups is 1. The zero-order valence-corrected chi connectivity index (χ0v) is 18.5. The van der Waals surface area contributed by atoms with Gasteiger partial charge < -0.3 is 19.9 Å². The zero-order valence-electron chi connectivity index (χ0n) is 16.9. The lowest BCUT2D eigenvalue weighted by Gasteiger charge is -2.29. The minimum atomic E-state index is -0.489. The Balaban J connectivity index is 1.64. The predicted octanol–water partition coefficient (Wildman–Crippen LogP) is 4.31. The van der Waals surface area contributed by atoms with Gasteiger partial charge in [-0.25, -0.2) is 0 Å². The molecule has 2 atom stereocenters. The first kappa shape index (κ1) is 22.5. The fourth-order valence-electron chi connectivity index (χ4n) is 3.34. The molecule has 0 saturated heterocycles. The molecule has 0 aliphatic carbocycles. The van der Waals surface area contributed by atoms with Crippen LogP contribution in [0.15, 0.2) is 70.9 Å². The minimum absolute atomic E-state index is 0.0320. The van der Waals surface area contributed by atoms with Crippen molar-refractivity contribution in [3.8, 4) is 0 Å². The number of allylic oxidation sites excluding steroid dienone is 1. The average Bonchev–Trinajstić information content (AvgIpc) is 2.78. The molecule has 0 unspecified atom stereocenters. The smallest absolute Gasteiger partial charge is 0.286 e. The van der Waals surface area contributed by atoms with Gasteiger partial charge in [-0.15, -0.1) is 0 Å². The number of unbranched alkanes of at least 4 members (excludes halogenated alkanes) is 1. The van der Waals surface area contributed by atoms with Gasteiger partial charge in [0.1, 0.15) is 0 Å². The highest BCUT2D eigenvalue weighted by atomic mass is 79.9. The number of ether oxygens (including phenoxy) is 2. The van der Waals surface area contributed by atoms with E-state index in [1.54, 1.807) is 0 Å². The average molecular weight is 474 g/mol. The molecular formula is C24H28BrNO4. The van der Waals surface area contributed by atoms with E-state index in [1.165, 1.54) is 5.56 Å². The van der Waals surface area contributed by atoms with Gasteiger partial charge >= 0.3 is 0 Å². The van der Waals surface area contributed by atoms with Gasteiger partial charge in [0.25, 0.3) is 5.91 Å². The highest BCUT2D eigenvalue weighted by Gasteiger charge is 2.28. The van der Waals surface area contributed by atoms with Crippen molar-refractivity contribution >= 4 is 21.8 Å². The highest BCUT2D eigenvalue weighted by Crippen LogP contribution is 2.32. The van der Waals surface area contributed by atoms with Crippen LogP contribution in [0.3, 0.4) is 0 Å². The normalized spacial score (nSPS) is 18.4. The Labute approximate surface area is 186 Å². The van der Waals surface area contributed by atoms with Gasteiger partial charge in [-0.3, -0.25) is 4.79 Å². The first-order chi connectivity index (χ1) is 14.7. The summed E-state index contributed by atoms with van der Waals surface area (Å²) in [5, 5.41) is 11.9. The first-order valence-corrected chi connectivity index (χ1v) is 11.1. The molecule has 2 N–H and O–H groups in total. The van der Waals surface area contributed by atoms with Crippen molar-refractivity contribution in [3.63, 3.8) is 0 Å². The SMILES string of the molecule is O=C(NCCc1ccccc1)C1=C[C@@H](c2ccc(Br)cc2)C[C@@H](OCCCCO)O1. The fourth-order valence-corrected chi connectivity index (χ4v) is 3.61. The summed E-state index contributed by atoms with van der Waals surface area (Å²) in [4.78, 5) is 12.7. The molecule has 160 valence electrons. The lowest BCUT2D eigenvalue weighted by Crippen LogP contribution is -2.34. The lowest BCUT2D eigenvalue weighted by molar-refractivity contribution is -0.146. The van der Waals surface area contributed by atoms with Crippen molar-refractivity contribution in [2.75, 3.05) is 19.8 Å². The van der Waals surface area contributed by atoms with E-state index in [0.717, 1.165) is 22.9 Å². The van der Waals surface area contributed by atoms with Gasteiger partial charge in [-0.2, -0.15) is 0 Å². The first-order valence-electron chi connectivity index (χ1n) is 10.3. The third-order valence-corrected chi connectivity index (χ3v) is 5.51. The Hall–Kier alpha value is -2.15. The van der Waals surface area contributed by atoms with Crippen LogP contribution in [-0.2, 0) is 20.7 Å². The highest BCUT2D eigenvalue weighted by molar-refractivity contribution is 9.10. The summed E-state index contributed by atoms with van der Waals surface area (Å²) in [6.07, 6.45) is 4.23. The molecule has 0 aromatic heterocycles. The van der Waals surface area contributed by atoms with E-state index in [9.17, 15) is 4.79 Å². The second kappa shape index (κ2) is 11.9. The maximum absolute atomic E-state index is 12.7. The van der Waals surface area contributed by atoms with E-state index in [-0.39, 0.29) is 18.4 Å². The number of hydrogen-bond acceptors (Lipinski definition) is 4. The van der Waals surface area contributed by atoms with Crippen molar-refractivity contribution in [3.05, 3.63) is 82.0 Å². The summed E-state index contributed by atoms with van der Waals surface area (Å²) in [7, 11) is 0. The van der Waals surface area contributed by atoms with Crippen molar-refractivity contribution in [2.24, 2.45) is 0 Å². The fraction of sp³-hybridized carbons (Fsp3) is 0.375. The molecule has 0 radical (unpaired) electrons. The lowest BCUT2D eigenvalue weighted by atomic mass is 9.93. The van der Waals surface area contributed by atoms with Crippen LogP contribution in [0.4, 0.5) is 0 Å². The molecule has 2 aromatic rings. The number of nitrogens with one attached hydrogen (secondary N) is 1. The van der Waals surface area contributed by atoms with Crippen molar-refractivity contribution < 1.29 is 19.4 Å². The standard InChI is InChI=1S/C24H28BrNO4/c25-21-10-8-19(9-11-21)20-16-22(30-23(17-20)29-15-5-4-14-27)24(28)26-13-12-18-6-2-1-3-7-18/h1-3,6-11,16,20,23,27H,4-5,12-15,17H2,(H,26,28)/t20-,23+/m1/s1. The molecule has 6 heteroatoms. The summed E-state index contributed by atoms with van der Waals surface area (Å²) in [6.45, 7) is 1.17. The second-order valence-corrected chi connectivity index (χ2v) is 8.18. The number of carbonyl (C=O) groups excluding carboxylic acids is 1. The Kier molecular flexibility index (Phi) is 8.93. The van der Waals surface area contributed by atoms with Crippen molar-refractivity contribution in [1.82, 2.24) is 5.32 Å². The molecule has 1 aliphatic rings. The van der Waals surface area contributed by atoms with Crippen LogP contribution < -0.4 is 5.32 Å². The van der Waals surface area contributed by atoms with E-state index in [2.05, 4.69) is 21.2 Å². The quantitative estimate of drug-likeness (QED) is 0.504. The molecule has 2 aromatic carbocycles. The van der Waals surface area contributed by atoms with Gasteiger partial charge in [0, 0.05) is 30.0 Å². The number of aliphatic hydroxyl groups is 1. The number of amides is 1. The van der Waals surface area contributed by atoms with Crippen molar-refractivity contribution in [2.45, 2.75) is 37.9 Å². The summed E-state index contributed by atoms with van der Waals surface area (Å²) in [5.74, 6) is 0.107. The van der Waals surface area contributed by atoms with E-state index in [4.69, 9.17) is 14.6 Å². The molecular weight excluding hydrogens is 446 g/mol. The number of benzene rings is 2. The summed E-state index contributed by atoms with van der Waals surface area (Å²) < 4.78 is 12.7. The maximum atomic E-state index is 12.7. The maximum Gasteiger partial charge on any atom is 0.286 e. The zero-order chi connectivity index (χ0) is 21.2. The van der Waals surface area contributed by atoms with Crippen LogP contribution in [-0.4, -0.2) is 37.1 Å². The summed E-state index contributed by atoms with van der Waals surface area (Å²) in [5.41, 5.74) is 2.29. The van der Waals surface area contributed by atoms with Gasteiger partial charge in [0.15, 0.2) is 5.76 Å². The van der Waals surface area contributed by atoms with Crippen LogP contribution >= 0.6 is 15.9 Å². The Morgan fingerprint density at radius 2 is 1.90 bits per heavy atom. The van der Waals surface area contributed by atoms with Gasteiger partial charge in [-0.05, 0) is 48.6 Å². The molecule has 1 aliphatic heterocycles. The molecule has 0 bridgehead atoms. The van der Waals surface area contributed by atoms with Crippen LogP contribution in [0.2, 0.25) is 0 Å². The monoisotopic (exact) mass is 473 g/mol. The summed E-state index contributed by atoms with van der Waals surface area (Å²) >= 11 is 3.46. The number of rotatable bonds is 10. The molecule has 30 heavy (non-hydrogen) atoms. The topological polar surface area (TPSA) is 67.8 Å². The van der Waals surface area contributed by atoms with Crippen molar-refractivity contribution in [1.29, 1.82) is 0 Å². The van der Waals surface area contributed by atoms with Crippen LogP contribution in [0, 0.1) is 0 Å². The van der Waals surface area contributed by atoms with Crippen LogP contribution in [0.1, 0.15) is 36.3 Å². The van der Waals surface area contributed by atoms with Gasteiger partial charge in [-0.1, -0.05) is 58.4 Å². The molecule has 3 rings (SSSR count). The van der Waals surface area contributed by atoms with Crippen LogP contribution in [0.5, 0.6) is 0 Å². The largest absolute Gasteiger partial charge is 0.459 e. The van der Waals surface area contributed by atoms with E-state index in [0.29, 0.717) is 31.8 Å². The van der Waals surface area contributed by atoms with Gasteiger partial charge in [0.05, 0.1) is 6.61 Å². The Bertz CT molecular complexity index is 823. The number of hydrogen-bond donors (Lipinski definition) is 2. The third-order valence-electron chi connectivity index (χ3n) is 4.98. The molecule has 0 saturated carbocycles. The predicted molar refractivity (Wildman–Crippen MR) is 120 cm³/mol. The minimum Gasteiger partial charge on any atom is -0.459 e. The Morgan fingerprint density at radius 3 is 2.63 bits per heavy atom. The molecule has 0 spiro atoms. The van der Waals surface area contributed by atoms with Gasteiger partial charge in [0.2, 0.25) is 6.29 Å². The summed E-state index contributed by atoms with van der Waals surface area (Å²) in [6, 6.07) is 18.1.